The van der Waals surface area contributed by atoms with Crippen LogP contribution in [0.25, 0.3) is 22.3 Å². The van der Waals surface area contributed by atoms with Gasteiger partial charge < -0.3 is 15.0 Å². The van der Waals surface area contributed by atoms with Gasteiger partial charge in [0.05, 0.1) is 35.5 Å². The highest BCUT2D eigenvalue weighted by molar-refractivity contribution is 5.93. The average Bonchev–Trinajstić information content (AvgIpc) is 3.64. The van der Waals surface area contributed by atoms with Crippen molar-refractivity contribution in [3.63, 3.8) is 0 Å². The molecule has 11 nitrogen and oxygen atoms in total. The molecule has 4 aromatic heterocycles. The second-order valence-electron chi connectivity index (χ2n) is 11.8. The molecule has 1 amide bonds. The minimum Gasteiger partial charge on any atom is -0.386 e. The molecule has 0 radical (unpaired) electrons. The lowest BCUT2D eigenvalue weighted by molar-refractivity contribution is -0.141. The van der Waals surface area contributed by atoms with Crippen LogP contribution in [0.4, 0.5) is 13.2 Å². The van der Waals surface area contributed by atoms with E-state index in [0.29, 0.717) is 39.0 Å². The van der Waals surface area contributed by atoms with Gasteiger partial charge in [-0.1, -0.05) is 0 Å². The van der Waals surface area contributed by atoms with Gasteiger partial charge in [0.15, 0.2) is 0 Å². The van der Waals surface area contributed by atoms with Gasteiger partial charge in [-0.05, 0) is 50.5 Å². The number of aromatic nitrogens is 6. The van der Waals surface area contributed by atoms with Crippen LogP contribution >= 0.6 is 0 Å². The topological polar surface area (TPSA) is 140 Å². The Morgan fingerprint density at radius 3 is 2.60 bits per heavy atom. The molecular formula is C29H30F3N9O2. The van der Waals surface area contributed by atoms with E-state index >= 15 is 0 Å². The monoisotopic (exact) mass is 593 g/mol. The summed E-state index contributed by atoms with van der Waals surface area (Å²) in [7, 11) is 0. The Labute approximate surface area is 245 Å². The predicted molar refractivity (Wildman–Crippen MR) is 148 cm³/mol. The standard InChI is InChI=1S/C29H30F3N9O2/c1-27(2,43)19-11-22(38-23(12-19)29(30,31)32)26(42)40-9-7-39(8-10-40)20-13-28(14-20,4-5-33)41-16-18(15-37-41)24-21-3-6-34-25(21)36-17-35-24/h3,6,11-12,15-17,20,43H,4,7-10,13-14H2,1-2H3,(H,34,35,36)/t20-,28+. The van der Waals surface area contributed by atoms with E-state index in [0.717, 1.165) is 28.4 Å². The van der Waals surface area contributed by atoms with Gasteiger partial charge in [0.2, 0.25) is 0 Å². The third-order valence-corrected chi connectivity index (χ3v) is 8.49. The fraction of sp³-hybridized carbons (Fsp3) is 0.448. The van der Waals surface area contributed by atoms with E-state index < -0.39 is 28.9 Å². The lowest BCUT2D eigenvalue weighted by Crippen LogP contribution is -2.60. The number of hydrogen-bond donors (Lipinski definition) is 2. The Morgan fingerprint density at radius 2 is 1.93 bits per heavy atom. The number of nitrogens with one attached hydrogen (secondary N) is 1. The van der Waals surface area contributed by atoms with Crippen LogP contribution in [0.15, 0.2) is 43.1 Å². The van der Waals surface area contributed by atoms with Gasteiger partial charge >= 0.3 is 6.18 Å². The normalized spacial score (nSPS) is 21.5. The highest BCUT2D eigenvalue weighted by Gasteiger charge is 2.49. The van der Waals surface area contributed by atoms with E-state index in [2.05, 4.69) is 36.0 Å². The number of aliphatic hydroxyl groups is 1. The number of carbonyl (C=O) groups is 1. The number of nitrogens with zero attached hydrogens (tertiary/aromatic N) is 8. The predicted octanol–water partition coefficient (Wildman–Crippen LogP) is 3.69. The molecule has 0 atom stereocenters. The van der Waals surface area contributed by atoms with Crippen LogP contribution in [-0.2, 0) is 17.3 Å². The smallest absolute Gasteiger partial charge is 0.386 e. The fourth-order valence-corrected chi connectivity index (χ4v) is 6.03. The van der Waals surface area contributed by atoms with Gasteiger partial charge in [-0.3, -0.25) is 14.4 Å². The van der Waals surface area contributed by atoms with Crippen LogP contribution in [0.5, 0.6) is 0 Å². The first-order valence-corrected chi connectivity index (χ1v) is 13.9. The third kappa shape index (κ3) is 5.34. The molecule has 6 rings (SSSR count). The molecule has 1 saturated heterocycles. The Hall–Kier alpha value is -4.35. The summed E-state index contributed by atoms with van der Waals surface area (Å²) in [4.78, 5) is 32.3. The van der Waals surface area contributed by atoms with Crippen molar-refractivity contribution < 1.29 is 23.1 Å². The molecule has 2 N–H and O–H groups in total. The summed E-state index contributed by atoms with van der Waals surface area (Å²) in [5, 5.41) is 25.5. The molecule has 4 aromatic rings. The van der Waals surface area contributed by atoms with Crippen LogP contribution in [-0.4, -0.2) is 82.8 Å². The molecule has 2 aliphatic rings. The summed E-state index contributed by atoms with van der Waals surface area (Å²) in [6, 6.07) is 6.39. The molecule has 1 aliphatic carbocycles. The highest BCUT2D eigenvalue weighted by atomic mass is 19.4. The summed E-state index contributed by atoms with van der Waals surface area (Å²) in [6.07, 6.45) is 3.89. The first kappa shape index (κ1) is 28.8. The van der Waals surface area contributed by atoms with Crippen molar-refractivity contribution in [1.29, 1.82) is 5.26 Å². The molecule has 14 heteroatoms. The van der Waals surface area contributed by atoms with Gasteiger partial charge in [0.1, 0.15) is 23.4 Å². The van der Waals surface area contributed by atoms with E-state index in [1.54, 1.807) is 12.4 Å². The Bertz CT molecular complexity index is 1670. The largest absolute Gasteiger partial charge is 0.433 e. The second kappa shape index (κ2) is 10.4. The number of fused-ring (bicyclic) bond motifs is 1. The summed E-state index contributed by atoms with van der Waals surface area (Å²) in [5.74, 6) is -0.603. The zero-order chi connectivity index (χ0) is 30.6. The molecule has 0 unspecified atom stereocenters. The van der Waals surface area contributed by atoms with Crippen molar-refractivity contribution in [2.75, 3.05) is 26.2 Å². The number of nitriles is 1. The number of aromatic amines is 1. The first-order valence-electron chi connectivity index (χ1n) is 13.9. The number of carbonyl (C=O) groups excluding carboxylic acids is 1. The van der Waals surface area contributed by atoms with Crippen molar-refractivity contribution in [2.45, 2.75) is 56.5 Å². The van der Waals surface area contributed by atoms with E-state index in [4.69, 9.17) is 0 Å². The van der Waals surface area contributed by atoms with Gasteiger partial charge in [-0.2, -0.15) is 23.5 Å². The number of piperazine rings is 1. The van der Waals surface area contributed by atoms with Crippen LogP contribution in [0.3, 0.4) is 0 Å². The van der Waals surface area contributed by atoms with Gasteiger partial charge in [0, 0.05) is 55.6 Å². The average molecular weight is 594 g/mol. The maximum absolute atomic E-state index is 13.5. The zero-order valence-electron chi connectivity index (χ0n) is 23.6. The molecule has 1 saturated carbocycles. The minimum absolute atomic E-state index is 0.0286. The number of hydrogen-bond acceptors (Lipinski definition) is 8. The summed E-state index contributed by atoms with van der Waals surface area (Å²) < 4.78 is 42.3. The van der Waals surface area contributed by atoms with Crippen molar-refractivity contribution in [3.05, 3.63) is 60.1 Å². The minimum atomic E-state index is -4.76. The van der Waals surface area contributed by atoms with Crippen LogP contribution in [0.1, 0.15) is 54.9 Å². The number of alkyl halides is 3. The summed E-state index contributed by atoms with van der Waals surface area (Å²) in [6.45, 7) is 4.44. The van der Waals surface area contributed by atoms with Gasteiger partial charge in [0.25, 0.3) is 5.91 Å². The lowest BCUT2D eigenvalue weighted by Gasteiger charge is -2.52. The molecule has 1 aliphatic heterocycles. The SMILES string of the molecule is CC(C)(O)c1cc(C(=O)N2CCN([C@H]3C[C@@](CC#N)(n4cc(-c5ncnc6[nH]ccc56)cn4)C3)CC2)nc(C(F)(F)F)c1. The highest BCUT2D eigenvalue weighted by Crippen LogP contribution is 2.45. The summed E-state index contributed by atoms with van der Waals surface area (Å²) >= 11 is 0. The Balaban J connectivity index is 1.13. The number of pyridine rings is 1. The van der Waals surface area contributed by atoms with Crippen molar-refractivity contribution in [3.8, 4) is 17.3 Å². The van der Waals surface area contributed by atoms with Crippen LogP contribution in [0.2, 0.25) is 0 Å². The van der Waals surface area contributed by atoms with Crippen molar-refractivity contribution >= 4 is 16.9 Å². The number of rotatable bonds is 6. The maximum Gasteiger partial charge on any atom is 0.433 e. The zero-order valence-corrected chi connectivity index (χ0v) is 23.6. The molecule has 5 heterocycles. The molecule has 0 spiro atoms. The molecule has 0 bridgehead atoms. The second-order valence-corrected chi connectivity index (χ2v) is 11.8. The van der Waals surface area contributed by atoms with Crippen LogP contribution < -0.4 is 0 Å². The first-order chi connectivity index (χ1) is 20.4. The number of amides is 1. The number of H-pyrrole nitrogens is 1. The van der Waals surface area contributed by atoms with E-state index in [9.17, 15) is 28.3 Å². The Morgan fingerprint density at radius 1 is 1.19 bits per heavy atom. The van der Waals surface area contributed by atoms with Crippen molar-refractivity contribution in [2.24, 2.45) is 0 Å². The van der Waals surface area contributed by atoms with Gasteiger partial charge in [-0.25, -0.2) is 15.0 Å². The molecule has 43 heavy (non-hydrogen) atoms. The van der Waals surface area contributed by atoms with E-state index in [-0.39, 0.29) is 23.7 Å². The van der Waals surface area contributed by atoms with E-state index in [1.165, 1.54) is 31.1 Å². The van der Waals surface area contributed by atoms with Crippen LogP contribution in [0, 0.1) is 11.3 Å². The van der Waals surface area contributed by atoms with Crippen molar-refractivity contribution in [1.82, 2.24) is 39.5 Å². The molecule has 224 valence electrons. The molecule has 2 fully saturated rings. The van der Waals surface area contributed by atoms with E-state index in [1.807, 2.05) is 16.9 Å². The maximum atomic E-state index is 13.5. The Kier molecular flexibility index (Phi) is 6.97. The third-order valence-electron chi connectivity index (χ3n) is 8.49. The fourth-order valence-electron chi connectivity index (χ4n) is 6.03. The summed E-state index contributed by atoms with van der Waals surface area (Å²) in [5.41, 5.74) is -1.31. The molecule has 0 aromatic carbocycles. The van der Waals surface area contributed by atoms with Gasteiger partial charge in [-0.15, -0.1) is 0 Å². The lowest BCUT2D eigenvalue weighted by atomic mass is 9.70. The molecular weight excluding hydrogens is 563 g/mol. The number of halogens is 3. The quantitative estimate of drug-likeness (QED) is 0.345.